The van der Waals surface area contributed by atoms with Crippen LogP contribution in [0.15, 0.2) is 0 Å². The van der Waals surface area contributed by atoms with Crippen LogP contribution >= 0.6 is 25.3 Å². The van der Waals surface area contributed by atoms with Gasteiger partial charge in [-0.3, -0.25) is 0 Å². The molecule has 0 aliphatic rings. The third kappa shape index (κ3) is 5.77. The minimum atomic E-state index is 0.0253. The highest BCUT2D eigenvalue weighted by Gasteiger charge is 2.27. The summed E-state index contributed by atoms with van der Waals surface area (Å²) in [4.78, 5) is 0. The number of thiol groups is 2. The molecule has 98 valence electrons. The summed E-state index contributed by atoms with van der Waals surface area (Å²) in [5.41, 5.74) is 0.0628. The molecule has 3 N–H and O–H groups in total. The first-order valence-electron chi connectivity index (χ1n) is 5.81. The molecule has 0 amide bonds. The van der Waals surface area contributed by atoms with Crippen LogP contribution in [0.2, 0.25) is 0 Å². The maximum absolute atomic E-state index is 4.41. The first-order valence-corrected chi connectivity index (χ1v) is 7.08. The molecule has 1 unspecified atom stereocenters. The molecule has 0 aromatic rings. The monoisotopic (exact) mass is 265 g/mol. The zero-order valence-electron chi connectivity index (χ0n) is 10.9. The average Bonchev–Trinajstić information content (AvgIpc) is 2.27. The number of rotatable bonds is 9. The van der Waals surface area contributed by atoms with Crippen molar-refractivity contribution in [3.8, 4) is 0 Å². The predicted octanol–water partition coefficient (Wildman–Crippen LogP) is 0.782. The summed E-state index contributed by atoms with van der Waals surface area (Å²) in [7, 11) is 1.96. The molecule has 3 nitrogen and oxygen atoms in total. The summed E-state index contributed by atoms with van der Waals surface area (Å²) in [5, 5.41) is 10.2. The lowest BCUT2D eigenvalue weighted by Gasteiger charge is -2.36. The van der Waals surface area contributed by atoms with Crippen LogP contribution < -0.4 is 16.0 Å². The fourth-order valence-corrected chi connectivity index (χ4v) is 2.02. The van der Waals surface area contributed by atoms with Crippen molar-refractivity contribution in [2.75, 3.05) is 38.2 Å². The molecule has 0 saturated heterocycles. The molecular weight excluding hydrogens is 238 g/mol. The number of nitrogens with one attached hydrogen (secondary N) is 3. The molecule has 5 heteroatoms. The van der Waals surface area contributed by atoms with Crippen LogP contribution in [0.3, 0.4) is 0 Å². The van der Waals surface area contributed by atoms with Crippen molar-refractivity contribution in [3.63, 3.8) is 0 Å². The summed E-state index contributed by atoms with van der Waals surface area (Å²) >= 11 is 8.81. The van der Waals surface area contributed by atoms with Crippen LogP contribution in [0.1, 0.15) is 20.8 Å². The van der Waals surface area contributed by atoms with Crippen molar-refractivity contribution in [2.24, 2.45) is 0 Å². The van der Waals surface area contributed by atoms with Gasteiger partial charge in [0.05, 0.1) is 0 Å². The Morgan fingerprint density at radius 3 is 1.81 bits per heavy atom. The van der Waals surface area contributed by atoms with Crippen LogP contribution in [-0.4, -0.2) is 49.3 Å². The SMILES string of the molecule is CCNC(C)(CS)CN[C@](C)(CS)CNC. The van der Waals surface area contributed by atoms with Crippen molar-refractivity contribution in [2.45, 2.75) is 31.8 Å². The summed E-state index contributed by atoms with van der Waals surface area (Å²) in [6.45, 7) is 9.25. The molecule has 0 saturated carbocycles. The average molecular weight is 265 g/mol. The molecule has 0 heterocycles. The summed E-state index contributed by atoms with van der Waals surface area (Å²) in [6.07, 6.45) is 0. The Morgan fingerprint density at radius 1 is 0.938 bits per heavy atom. The number of hydrogen-bond acceptors (Lipinski definition) is 5. The summed E-state index contributed by atoms with van der Waals surface area (Å²) in [6, 6.07) is 0. The second kappa shape index (κ2) is 7.82. The minimum absolute atomic E-state index is 0.0253. The highest BCUT2D eigenvalue weighted by molar-refractivity contribution is 7.80. The van der Waals surface area contributed by atoms with Gasteiger partial charge in [-0.2, -0.15) is 25.3 Å². The van der Waals surface area contributed by atoms with Gasteiger partial charge in [0, 0.05) is 35.7 Å². The Morgan fingerprint density at radius 2 is 1.44 bits per heavy atom. The van der Waals surface area contributed by atoms with Gasteiger partial charge in [-0.15, -0.1) is 0 Å². The van der Waals surface area contributed by atoms with E-state index in [1.807, 2.05) is 7.05 Å². The van der Waals surface area contributed by atoms with Gasteiger partial charge in [0.15, 0.2) is 0 Å². The van der Waals surface area contributed by atoms with E-state index < -0.39 is 0 Å². The maximum atomic E-state index is 4.41. The maximum Gasteiger partial charge on any atom is 0.0366 e. The van der Waals surface area contributed by atoms with Crippen molar-refractivity contribution in [1.29, 1.82) is 0 Å². The lowest BCUT2D eigenvalue weighted by atomic mass is 10.0. The molecule has 0 rings (SSSR count). The van der Waals surface area contributed by atoms with Crippen LogP contribution in [0.25, 0.3) is 0 Å². The summed E-state index contributed by atoms with van der Waals surface area (Å²) in [5.74, 6) is 1.62. The Bertz CT molecular complexity index is 172. The zero-order valence-corrected chi connectivity index (χ0v) is 12.7. The van der Waals surface area contributed by atoms with Gasteiger partial charge in [0.25, 0.3) is 0 Å². The van der Waals surface area contributed by atoms with E-state index in [0.717, 1.165) is 31.1 Å². The van der Waals surface area contributed by atoms with E-state index in [1.54, 1.807) is 0 Å². The van der Waals surface area contributed by atoms with E-state index in [-0.39, 0.29) is 11.1 Å². The van der Waals surface area contributed by atoms with E-state index in [1.165, 1.54) is 0 Å². The van der Waals surface area contributed by atoms with Gasteiger partial charge in [0.1, 0.15) is 0 Å². The van der Waals surface area contributed by atoms with Crippen molar-refractivity contribution < 1.29 is 0 Å². The predicted molar refractivity (Wildman–Crippen MR) is 80.1 cm³/mol. The molecule has 2 atom stereocenters. The highest BCUT2D eigenvalue weighted by atomic mass is 32.1. The largest absolute Gasteiger partial charge is 0.318 e. The van der Waals surface area contributed by atoms with Crippen LogP contribution in [0, 0.1) is 0 Å². The number of likely N-dealkylation sites (N-methyl/N-ethyl adjacent to an activating group) is 2. The lowest BCUT2D eigenvalue weighted by Crippen LogP contribution is -2.59. The third-order valence-corrected chi connectivity index (χ3v) is 4.17. The van der Waals surface area contributed by atoms with Gasteiger partial charge < -0.3 is 16.0 Å². The Balaban J connectivity index is 4.26. The molecule has 0 aromatic carbocycles. The van der Waals surface area contributed by atoms with Crippen molar-refractivity contribution >= 4 is 25.3 Å². The van der Waals surface area contributed by atoms with Crippen LogP contribution in [0.4, 0.5) is 0 Å². The Kier molecular flexibility index (Phi) is 8.10. The molecule has 0 fully saturated rings. The molecule has 0 aliphatic carbocycles. The molecular formula is C11H27N3S2. The van der Waals surface area contributed by atoms with Gasteiger partial charge >= 0.3 is 0 Å². The Hall–Kier alpha value is 0.580. The molecule has 0 aromatic heterocycles. The second-order valence-electron chi connectivity index (χ2n) is 4.85. The van der Waals surface area contributed by atoms with E-state index >= 15 is 0 Å². The second-order valence-corrected chi connectivity index (χ2v) is 5.48. The smallest absolute Gasteiger partial charge is 0.0366 e. The first kappa shape index (κ1) is 16.6. The topological polar surface area (TPSA) is 36.1 Å². The van der Waals surface area contributed by atoms with E-state index in [0.29, 0.717) is 0 Å². The molecule has 0 aliphatic heterocycles. The molecule has 0 bridgehead atoms. The number of hydrogen-bond donors (Lipinski definition) is 5. The van der Waals surface area contributed by atoms with Gasteiger partial charge in [-0.25, -0.2) is 0 Å². The summed E-state index contributed by atoms with van der Waals surface area (Å²) < 4.78 is 0. The van der Waals surface area contributed by atoms with Gasteiger partial charge in [0.2, 0.25) is 0 Å². The van der Waals surface area contributed by atoms with E-state index in [9.17, 15) is 0 Å². The van der Waals surface area contributed by atoms with E-state index in [4.69, 9.17) is 0 Å². The molecule has 0 spiro atoms. The zero-order chi connectivity index (χ0) is 12.7. The van der Waals surface area contributed by atoms with Gasteiger partial charge in [-0.1, -0.05) is 6.92 Å². The normalized spacial score (nSPS) is 19.1. The van der Waals surface area contributed by atoms with Crippen molar-refractivity contribution in [1.82, 2.24) is 16.0 Å². The molecule has 16 heavy (non-hydrogen) atoms. The third-order valence-electron chi connectivity index (χ3n) is 2.77. The van der Waals surface area contributed by atoms with E-state index in [2.05, 4.69) is 62.0 Å². The standard InChI is InChI=1S/C11H27N3S2/c1-5-13-11(3,9-16)7-14-10(2,8-15)6-12-4/h12-16H,5-9H2,1-4H3/t10-,11?/m0/s1. The van der Waals surface area contributed by atoms with Crippen molar-refractivity contribution in [3.05, 3.63) is 0 Å². The lowest BCUT2D eigenvalue weighted by molar-refractivity contribution is 0.308. The fraction of sp³-hybridized carbons (Fsp3) is 1.00. The quantitative estimate of drug-likeness (QED) is 0.400. The fourth-order valence-electron chi connectivity index (χ4n) is 1.57. The highest BCUT2D eigenvalue weighted by Crippen LogP contribution is 2.10. The first-order chi connectivity index (χ1) is 7.45. The minimum Gasteiger partial charge on any atom is -0.318 e. The Labute approximate surface area is 111 Å². The van der Waals surface area contributed by atoms with Crippen LogP contribution in [0.5, 0.6) is 0 Å². The van der Waals surface area contributed by atoms with Gasteiger partial charge in [-0.05, 0) is 27.4 Å². The van der Waals surface area contributed by atoms with Crippen LogP contribution in [-0.2, 0) is 0 Å². The molecule has 0 radical (unpaired) electrons.